The highest BCUT2D eigenvalue weighted by Gasteiger charge is 2.21. The van der Waals surface area contributed by atoms with Crippen LogP contribution < -0.4 is 9.64 Å². The van der Waals surface area contributed by atoms with Crippen molar-refractivity contribution in [1.29, 1.82) is 0 Å². The lowest BCUT2D eigenvalue weighted by Crippen LogP contribution is -2.34. The molecule has 0 amide bonds. The number of Topliss-reactive ketones (excluding diaryl/α,β-unsaturated/α-hetero) is 1. The Bertz CT molecular complexity index is 739. The molecule has 0 radical (unpaired) electrons. The molecule has 3 nitrogen and oxygen atoms in total. The van der Waals surface area contributed by atoms with E-state index < -0.39 is 5.82 Å². The van der Waals surface area contributed by atoms with Gasteiger partial charge < -0.3 is 9.64 Å². The SMILES string of the molecule is O=C1CCN(c2cc(OCc3ccc(Cl)cc3)c(Cl)cc2F)CC1. The molecule has 1 fully saturated rings. The Balaban J connectivity index is 1.76. The third kappa shape index (κ3) is 4.00. The molecule has 6 heteroatoms. The van der Waals surface area contributed by atoms with Crippen molar-refractivity contribution < 1.29 is 13.9 Å². The Labute approximate surface area is 149 Å². The van der Waals surface area contributed by atoms with E-state index >= 15 is 0 Å². The van der Waals surface area contributed by atoms with Crippen molar-refractivity contribution in [3.05, 3.63) is 57.8 Å². The van der Waals surface area contributed by atoms with E-state index in [2.05, 4.69) is 0 Å². The van der Waals surface area contributed by atoms with Gasteiger partial charge in [-0.1, -0.05) is 35.3 Å². The molecule has 0 unspecified atom stereocenters. The minimum atomic E-state index is -0.409. The molecule has 1 aliphatic heterocycles. The smallest absolute Gasteiger partial charge is 0.148 e. The van der Waals surface area contributed by atoms with Crippen molar-refractivity contribution in [1.82, 2.24) is 0 Å². The summed E-state index contributed by atoms with van der Waals surface area (Å²) in [5.41, 5.74) is 1.35. The van der Waals surface area contributed by atoms with E-state index in [1.54, 1.807) is 18.2 Å². The van der Waals surface area contributed by atoms with E-state index in [0.717, 1.165) is 5.56 Å². The van der Waals surface area contributed by atoms with E-state index in [1.165, 1.54) is 6.07 Å². The van der Waals surface area contributed by atoms with Gasteiger partial charge in [-0.3, -0.25) is 4.79 Å². The highest BCUT2D eigenvalue weighted by Crippen LogP contribution is 2.34. The summed E-state index contributed by atoms with van der Waals surface area (Å²) in [7, 11) is 0. The number of benzene rings is 2. The standard InChI is InChI=1S/C18H16Cl2FNO2/c19-13-3-1-12(2-4-13)11-24-18-10-17(16(21)9-15(18)20)22-7-5-14(23)6-8-22/h1-4,9-10H,5-8,11H2. The second kappa shape index (κ2) is 7.41. The first-order valence-electron chi connectivity index (χ1n) is 7.66. The first-order valence-corrected chi connectivity index (χ1v) is 8.41. The molecule has 0 saturated carbocycles. The van der Waals surface area contributed by atoms with Gasteiger partial charge in [-0.05, 0) is 23.8 Å². The van der Waals surface area contributed by atoms with Gasteiger partial charge in [0.05, 0.1) is 10.7 Å². The summed E-state index contributed by atoms with van der Waals surface area (Å²) in [6.07, 6.45) is 0.867. The predicted molar refractivity (Wildman–Crippen MR) is 93.6 cm³/mol. The van der Waals surface area contributed by atoms with E-state index in [-0.39, 0.29) is 10.8 Å². The van der Waals surface area contributed by atoms with Crippen LogP contribution in [-0.2, 0) is 11.4 Å². The monoisotopic (exact) mass is 367 g/mol. The maximum absolute atomic E-state index is 14.2. The molecule has 0 N–H and O–H groups in total. The van der Waals surface area contributed by atoms with Crippen LogP contribution in [0.5, 0.6) is 5.75 Å². The van der Waals surface area contributed by atoms with Gasteiger partial charge in [0, 0.05) is 37.0 Å². The summed E-state index contributed by atoms with van der Waals surface area (Å²) >= 11 is 12.0. The lowest BCUT2D eigenvalue weighted by atomic mass is 10.1. The number of ether oxygens (including phenoxy) is 1. The van der Waals surface area contributed by atoms with Crippen molar-refractivity contribution in [2.75, 3.05) is 18.0 Å². The number of nitrogens with zero attached hydrogens (tertiary/aromatic N) is 1. The summed E-state index contributed by atoms with van der Waals surface area (Å²) in [4.78, 5) is 13.2. The molecule has 1 aliphatic rings. The summed E-state index contributed by atoms with van der Waals surface area (Å²) in [6.45, 7) is 1.32. The van der Waals surface area contributed by atoms with Gasteiger partial charge in [0.1, 0.15) is 24.0 Å². The zero-order valence-electron chi connectivity index (χ0n) is 12.9. The quantitative estimate of drug-likeness (QED) is 0.770. The topological polar surface area (TPSA) is 29.5 Å². The summed E-state index contributed by atoms with van der Waals surface area (Å²) in [6, 6.07) is 10.1. The first-order chi connectivity index (χ1) is 11.5. The molecule has 2 aromatic rings. The summed E-state index contributed by atoms with van der Waals surface area (Å²) in [5, 5.41) is 0.874. The van der Waals surface area contributed by atoms with E-state index in [0.29, 0.717) is 49.0 Å². The van der Waals surface area contributed by atoms with Crippen LogP contribution in [-0.4, -0.2) is 18.9 Å². The second-order valence-corrected chi connectivity index (χ2v) is 6.52. The third-order valence-electron chi connectivity index (χ3n) is 3.97. The van der Waals surface area contributed by atoms with Gasteiger partial charge >= 0.3 is 0 Å². The lowest BCUT2D eigenvalue weighted by molar-refractivity contribution is -0.119. The van der Waals surface area contributed by atoms with Crippen molar-refractivity contribution in [2.24, 2.45) is 0 Å². The maximum atomic E-state index is 14.2. The molecule has 0 aromatic heterocycles. The number of rotatable bonds is 4. The number of hydrogen-bond donors (Lipinski definition) is 0. The fourth-order valence-corrected chi connectivity index (χ4v) is 2.94. The fourth-order valence-electron chi connectivity index (χ4n) is 2.61. The number of carbonyl (C=O) groups excluding carboxylic acids is 1. The number of halogens is 3. The van der Waals surface area contributed by atoms with Crippen LogP contribution in [0.25, 0.3) is 0 Å². The number of ketones is 1. The van der Waals surface area contributed by atoms with E-state index in [9.17, 15) is 9.18 Å². The fraction of sp³-hybridized carbons (Fsp3) is 0.278. The van der Waals surface area contributed by atoms with Gasteiger partial charge in [0.15, 0.2) is 0 Å². The number of carbonyl (C=O) groups is 1. The van der Waals surface area contributed by atoms with Crippen LogP contribution in [0.1, 0.15) is 18.4 Å². The molecule has 126 valence electrons. The van der Waals surface area contributed by atoms with Gasteiger partial charge in [0.25, 0.3) is 0 Å². The second-order valence-electron chi connectivity index (χ2n) is 5.67. The Kier molecular flexibility index (Phi) is 5.27. The number of piperidine rings is 1. The van der Waals surface area contributed by atoms with Crippen LogP contribution in [0.2, 0.25) is 10.0 Å². The predicted octanol–water partition coefficient (Wildman–Crippen LogP) is 4.88. The van der Waals surface area contributed by atoms with Crippen molar-refractivity contribution >= 4 is 34.7 Å². The van der Waals surface area contributed by atoms with Gasteiger partial charge in [-0.25, -0.2) is 4.39 Å². The van der Waals surface area contributed by atoms with Crippen LogP contribution in [0.15, 0.2) is 36.4 Å². The Morgan fingerprint density at radius 2 is 1.75 bits per heavy atom. The Morgan fingerprint density at radius 1 is 1.08 bits per heavy atom. The zero-order chi connectivity index (χ0) is 17.1. The molecular weight excluding hydrogens is 352 g/mol. The largest absolute Gasteiger partial charge is 0.487 e. The lowest BCUT2D eigenvalue weighted by Gasteiger charge is -2.29. The van der Waals surface area contributed by atoms with Crippen LogP contribution >= 0.6 is 23.2 Å². The van der Waals surface area contributed by atoms with Crippen LogP contribution in [0.3, 0.4) is 0 Å². The molecule has 0 atom stereocenters. The Morgan fingerprint density at radius 3 is 2.42 bits per heavy atom. The minimum Gasteiger partial charge on any atom is -0.487 e. The van der Waals surface area contributed by atoms with Gasteiger partial charge in [-0.2, -0.15) is 0 Å². The molecular formula is C18H16Cl2FNO2. The molecule has 2 aromatic carbocycles. The minimum absolute atomic E-state index is 0.208. The third-order valence-corrected chi connectivity index (χ3v) is 4.52. The normalized spacial score (nSPS) is 14.8. The molecule has 3 rings (SSSR count). The average molecular weight is 368 g/mol. The summed E-state index contributed by atoms with van der Waals surface area (Å²) in [5.74, 6) is 0.216. The number of anilines is 1. The van der Waals surface area contributed by atoms with Crippen LogP contribution in [0, 0.1) is 5.82 Å². The maximum Gasteiger partial charge on any atom is 0.148 e. The van der Waals surface area contributed by atoms with E-state index in [4.69, 9.17) is 27.9 Å². The van der Waals surface area contributed by atoms with Gasteiger partial charge in [-0.15, -0.1) is 0 Å². The molecule has 0 bridgehead atoms. The van der Waals surface area contributed by atoms with Gasteiger partial charge in [0.2, 0.25) is 0 Å². The molecule has 0 spiro atoms. The highest BCUT2D eigenvalue weighted by molar-refractivity contribution is 6.32. The Hall–Kier alpha value is -1.78. The van der Waals surface area contributed by atoms with Crippen LogP contribution in [0.4, 0.5) is 10.1 Å². The number of hydrogen-bond acceptors (Lipinski definition) is 3. The van der Waals surface area contributed by atoms with Crippen molar-refractivity contribution in [2.45, 2.75) is 19.4 Å². The molecule has 1 heterocycles. The van der Waals surface area contributed by atoms with Crippen molar-refractivity contribution in [3.8, 4) is 5.75 Å². The highest BCUT2D eigenvalue weighted by atomic mass is 35.5. The molecule has 24 heavy (non-hydrogen) atoms. The molecule has 1 saturated heterocycles. The zero-order valence-corrected chi connectivity index (χ0v) is 14.4. The van der Waals surface area contributed by atoms with E-state index in [1.807, 2.05) is 17.0 Å². The summed E-state index contributed by atoms with van der Waals surface area (Å²) < 4.78 is 20.0. The van der Waals surface area contributed by atoms with Crippen molar-refractivity contribution in [3.63, 3.8) is 0 Å². The average Bonchev–Trinajstić information content (AvgIpc) is 2.57. The first kappa shape index (κ1) is 17.1. The molecule has 0 aliphatic carbocycles.